The zero-order valence-corrected chi connectivity index (χ0v) is 6.40. The topological polar surface area (TPSA) is 75.9 Å². The van der Waals surface area contributed by atoms with Gasteiger partial charge >= 0.3 is 0 Å². The molecule has 4 heteroatoms. The molecule has 3 nitrogen and oxygen atoms in total. The van der Waals surface area contributed by atoms with E-state index in [1.165, 1.54) is 19.3 Å². The van der Waals surface area contributed by atoms with Crippen molar-refractivity contribution in [2.24, 2.45) is 11.5 Å². The van der Waals surface area contributed by atoms with Crippen LogP contribution in [0.25, 0.3) is 0 Å². The van der Waals surface area contributed by atoms with E-state index in [2.05, 4.69) is 11.5 Å². The third kappa shape index (κ3) is 231. The van der Waals surface area contributed by atoms with Crippen LogP contribution in [0.5, 0.6) is 0 Å². The van der Waals surface area contributed by atoms with Crippen LogP contribution in [0.2, 0.25) is 0 Å². The van der Waals surface area contributed by atoms with Crippen LogP contribution >= 0.6 is 17.0 Å². The summed E-state index contributed by atoms with van der Waals surface area (Å²) in [6.07, 6.45) is 4.50. The van der Waals surface area contributed by atoms with Gasteiger partial charge in [-0.3, -0.25) is 5.41 Å². The lowest BCUT2D eigenvalue weighted by molar-refractivity contribution is 1.39. The standard InChI is InChI=1S/C3H6.CH5N3.BrH/c1-2-3-1;2-1(3)4;/h1-3H2;(H5,2,3,4);1H. The van der Waals surface area contributed by atoms with E-state index >= 15 is 0 Å². The average molecular weight is 182 g/mol. The molecule has 0 atom stereocenters. The van der Waals surface area contributed by atoms with Gasteiger partial charge in [0.2, 0.25) is 0 Å². The summed E-state index contributed by atoms with van der Waals surface area (Å²) >= 11 is 0. The van der Waals surface area contributed by atoms with E-state index in [4.69, 9.17) is 5.41 Å². The summed E-state index contributed by atoms with van der Waals surface area (Å²) in [7, 11) is 0. The highest BCUT2D eigenvalue weighted by Gasteiger charge is 1.95. The monoisotopic (exact) mass is 181 g/mol. The Balaban J connectivity index is 0. The number of hydrogen-bond donors (Lipinski definition) is 3. The lowest BCUT2D eigenvalue weighted by Crippen LogP contribution is -2.20. The Labute approximate surface area is 59.7 Å². The number of rotatable bonds is 0. The number of halogens is 1. The van der Waals surface area contributed by atoms with Gasteiger partial charge in [0.15, 0.2) is 5.96 Å². The molecule has 8 heavy (non-hydrogen) atoms. The summed E-state index contributed by atoms with van der Waals surface area (Å²) in [6.45, 7) is 0. The smallest absolute Gasteiger partial charge is 0.183 e. The lowest BCUT2D eigenvalue weighted by atomic mass is 11.0. The molecule has 1 aliphatic rings. The summed E-state index contributed by atoms with van der Waals surface area (Å²) in [5.74, 6) is -0.333. The van der Waals surface area contributed by atoms with Crippen LogP contribution in [0.1, 0.15) is 19.3 Å². The third-order valence-corrected chi connectivity index (χ3v) is 0.354. The molecular weight excluding hydrogens is 170 g/mol. The zero-order valence-electron chi connectivity index (χ0n) is 4.68. The van der Waals surface area contributed by atoms with Crippen molar-refractivity contribution in [3.8, 4) is 0 Å². The van der Waals surface area contributed by atoms with Gasteiger partial charge in [0.25, 0.3) is 0 Å². The van der Waals surface area contributed by atoms with E-state index in [-0.39, 0.29) is 22.9 Å². The van der Waals surface area contributed by atoms with Gasteiger partial charge in [-0.25, -0.2) is 0 Å². The largest absolute Gasteiger partial charge is 0.370 e. The molecule has 0 aromatic carbocycles. The van der Waals surface area contributed by atoms with Gasteiger partial charge in [0.1, 0.15) is 0 Å². The molecule has 5 N–H and O–H groups in total. The minimum atomic E-state index is -0.333. The Morgan fingerprint density at radius 1 is 1.12 bits per heavy atom. The molecule has 1 saturated carbocycles. The highest BCUT2D eigenvalue weighted by Crippen LogP contribution is 2.14. The number of guanidine groups is 1. The maximum absolute atomic E-state index is 6.06. The van der Waals surface area contributed by atoms with E-state index in [9.17, 15) is 0 Å². The van der Waals surface area contributed by atoms with Crippen LogP contribution in [-0.4, -0.2) is 5.96 Å². The van der Waals surface area contributed by atoms with E-state index in [0.717, 1.165) is 0 Å². The maximum Gasteiger partial charge on any atom is 0.183 e. The van der Waals surface area contributed by atoms with Crippen LogP contribution in [0.3, 0.4) is 0 Å². The predicted octanol–water partition coefficient (Wildman–Crippen LogP) is 0.587. The van der Waals surface area contributed by atoms with Crippen molar-refractivity contribution in [3.63, 3.8) is 0 Å². The Kier molecular flexibility index (Phi) is 9.01. The van der Waals surface area contributed by atoms with E-state index in [0.29, 0.717) is 0 Å². The molecule has 0 aliphatic heterocycles. The Hall–Kier alpha value is -0.250. The maximum atomic E-state index is 6.06. The first-order valence-electron chi connectivity index (χ1n) is 2.33. The second kappa shape index (κ2) is 6.75. The van der Waals surface area contributed by atoms with Crippen LogP contribution < -0.4 is 11.5 Å². The SMILES string of the molecule is Br.C1CC1.N=C(N)N. The number of nitrogens with one attached hydrogen (secondary N) is 1. The molecular formula is C4H12BrN3. The summed E-state index contributed by atoms with van der Waals surface area (Å²) in [4.78, 5) is 0. The molecule has 0 unspecified atom stereocenters. The first kappa shape index (κ1) is 10.7. The molecule has 1 fully saturated rings. The second-order valence-corrected chi connectivity index (χ2v) is 1.52. The third-order valence-electron chi connectivity index (χ3n) is 0.354. The molecule has 0 aromatic rings. The minimum Gasteiger partial charge on any atom is -0.370 e. The quantitative estimate of drug-likeness (QED) is 0.378. The van der Waals surface area contributed by atoms with E-state index < -0.39 is 0 Å². The normalized spacial score (nSPS) is 12.0. The minimum absolute atomic E-state index is 0. The number of hydrogen-bond acceptors (Lipinski definition) is 1. The predicted molar refractivity (Wildman–Crippen MR) is 40.3 cm³/mol. The molecule has 0 amide bonds. The fourth-order valence-electron chi connectivity index (χ4n) is 0. The molecule has 0 bridgehead atoms. The molecule has 0 heterocycles. The Morgan fingerprint density at radius 3 is 1.25 bits per heavy atom. The Morgan fingerprint density at radius 2 is 1.25 bits per heavy atom. The Bertz CT molecular complexity index is 55.5. The second-order valence-electron chi connectivity index (χ2n) is 1.52. The van der Waals surface area contributed by atoms with Gasteiger partial charge < -0.3 is 11.5 Å². The molecule has 50 valence electrons. The highest BCUT2D eigenvalue weighted by atomic mass is 79.9. The summed E-state index contributed by atoms with van der Waals surface area (Å²) in [5, 5.41) is 6.06. The lowest BCUT2D eigenvalue weighted by Gasteiger charge is -1.69. The average Bonchev–Trinajstić information content (AvgIpc) is 2.02. The van der Waals surface area contributed by atoms with Crippen LogP contribution in [0.4, 0.5) is 0 Å². The summed E-state index contributed by atoms with van der Waals surface area (Å²) in [5.41, 5.74) is 8.94. The first-order valence-corrected chi connectivity index (χ1v) is 2.33. The fraction of sp³-hybridized carbons (Fsp3) is 0.750. The van der Waals surface area contributed by atoms with Gasteiger partial charge in [-0.05, 0) is 0 Å². The van der Waals surface area contributed by atoms with Crippen molar-refractivity contribution < 1.29 is 0 Å². The van der Waals surface area contributed by atoms with Gasteiger partial charge in [-0.2, -0.15) is 0 Å². The van der Waals surface area contributed by atoms with Gasteiger partial charge in [0, 0.05) is 0 Å². The molecule has 0 spiro atoms. The van der Waals surface area contributed by atoms with Gasteiger partial charge in [-0.1, -0.05) is 19.3 Å². The summed E-state index contributed by atoms with van der Waals surface area (Å²) < 4.78 is 0. The molecule has 1 aliphatic carbocycles. The van der Waals surface area contributed by atoms with E-state index in [1.807, 2.05) is 0 Å². The van der Waals surface area contributed by atoms with Crippen LogP contribution in [0, 0.1) is 5.41 Å². The summed E-state index contributed by atoms with van der Waals surface area (Å²) in [6, 6.07) is 0. The van der Waals surface area contributed by atoms with E-state index in [1.54, 1.807) is 0 Å². The van der Waals surface area contributed by atoms with Crippen LogP contribution in [-0.2, 0) is 0 Å². The van der Waals surface area contributed by atoms with Gasteiger partial charge in [0.05, 0.1) is 0 Å². The van der Waals surface area contributed by atoms with Crippen molar-refractivity contribution in [3.05, 3.63) is 0 Å². The first-order chi connectivity index (χ1) is 3.23. The molecule has 0 saturated heterocycles. The van der Waals surface area contributed by atoms with Gasteiger partial charge in [-0.15, -0.1) is 17.0 Å². The molecule has 0 aromatic heterocycles. The van der Waals surface area contributed by atoms with Crippen molar-refractivity contribution in [2.75, 3.05) is 0 Å². The van der Waals surface area contributed by atoms with Crippen molar-refractivity contribution in [1.82, 2.24) is 0 Å². The highest BCUT2D eigenvalue weighted by molar-refractivity contribution is 8.93. The van der Waals surface area contributed by atoms with Crippen molar-refractivity contribution in [2.45, 2.75) is 19.3 Å². The van der Waals surface area contributed by atoms with Crippen molar-refractivity contribution in [1.29, 1.82) is 5.41 Å². The van der Waals surface area contributed by atoms with Crippen LogP contribution in [0.15, 0.2) is 0 Å². The molecule has 1 rings (SSSR count). The molecule has 0 radical (unpaired) electrons. The number of nitrogens with two attached hydrogens (primary N) is 2. The van der Waals surface area contributed by atoms with Crippen molar-refractivity contribution >= 4 is 22.9 Å². The zero-order chi connectivity index (χ0) is 5.70. The fourth-order valence-corrected chi connectivity index (χ4v) is 0.